The molecule has 2 N–H and O–H groups in total. The standard InChI is InChI=1S/C12H16FNO/c1-8-6-9(13)2-3-10(8)11-4-5-14-7-12(11)15/h2-3,6,11-12,14-15H,4-5,7H2,1H3. The molecule has 2 atom stereocenters. The van der Waals surface area contributed by atoms with Crippen LogP contribution in [-0.2, 0) is 0 Å². The Kier molecular flexibility index (Phi) is 3.03. The lowest BCUT2D eigenvalue weighted by Crippen LogP contribution is -2.39. The van der Waals surface area contributed by atoms with Gasteiger partial charge in [-0.05, 0) is 43.1 Å². The summed E-state index contributed by atoms with van der Waals surface area (Å²) in [6.45, 7) is 3.44. The van der Waals surface area contributed by atoms with Crippen molar-refractivity contribution in [2.75, 3.05) is 13.1 Å². The van der Waals surface area contributed by atoms with Crippen molar-refractivity contribution in [3.05, 3.63) is 35.1 Å². The summed E-state index contributed by atoms with van der Waals surface area (Å²) in [6.07, 6.45) is 0.552. The Balaban J connectivity index is 2.27. The van der Waals surface area contributed by atoms with Gasteiger partial charge in [0.15, 0.2) is 0 Å². The zero-order valence-electron chi connectivity index (χ0n) is 8.83. The molecular formula is C12H16FNO. The van der Waals surface area contributed by atoms with Crippen LogP contribution in [0.25, 0.3) is 0 Å². The number of hydrogen-bond acceptors (Lipinski definition) is 2. The lowest BCUT2D eigenvalue weighted by atomic mass is 9.85. The molecule has 1 aromatic rings. The molecule has 3 heteroatoms. The predicted octanol–water partition coefficient (Wildman–Crippen LogP) is 1.57. The number of hydrogen-bond donors (Lipinski definition) is 2. The second-order valence-electron chi connectivity index (χ2n) is 4.17. The molecule has 2 unspecified atom stereocenters. The molecule has 0 aliphatic carbocycles. The monoisotopic (exact) mass is 209 g/mol. The molecule has 0 saturated carbocycles. The van der Waals surface area contributed by atoms with Gasteiger partial charge in [0.1, 0.15) is 5.82 Å². The average molecular weight is 209 g/mol. The molecule has 1 aliphatic heterocycles. The number of piperidine rings is 1. The van der Waals surface area contributed by atoms with Crippen molar-refractivity contribution >= 4 is 0 Å². The summed E-state index contributed by atoms with van der Waals surface area (Å²) >= 11 is 0. The summed E-state index contributed by atoms with van der Waals surface area (Å²) in [5, 5.41) is 13.0. The van der Waals surface area contributed by atoms with E-state index in [1.54, 1.807) is 6.07 Å². The Morgan fingerprint density at radius 3 is 2.93 bits per heavy atom. The van der Waals surface area contributed by atoms with Gasteiger partial charge in [-0.1, -0.05) is 6.07 Å². The summed E-state index contributed by atoms with van der Waals surface area (Å²) < 4.78 is 12.9. The first-order valence-corrected chi connectivity index (χ1v) is 5.33. The molecular weight excluding hydrogens is 193 g/mol. The van der Waals surface area contributed by atoms with E-state index < -0.39 is 0 Å². The fourth-order valence-corrected chi connectivity index (χ4v) is 2.26. The molecule has 0 spiro atoms. The molecule has 2 nitrogen and oxygen atoms in total. The zero-order chi connectivity index (χ0) is 10.8. The molecule has 0 radical (unpaired) electrons. The van der Waals surface area contributed by atoms with Crippen molar-refractivity contribution in [2.24, 2.45) is 0 Å². The van der Waals surface area contributed by atoms with E-state index in [1.165, 1.54) is 12.1 Å². The summed E-state index contributed by atoms with van der Waals surface area (Å²) in [5.41, 5.74) is 2.01. The fourth-order valence-electron chi connectivity index (χ4n) is 2.26. The molecule has 82 valence electrons. The van der Waals surface area contributed by atoms with Gasteiger partial charge in [0.25, 0.3) is 0 Å². The molecule has 0 aromatic heterocycles. The van der Waals surface area contributed by atoms with Gasteiger partial charge in [-0.25, -0.2) is 4.39 Å². The summed E-state index contributed by atoms with van der Waals surface area (Å²) in [6, 6.07) is 4.80. The van der Waals surface area contributed by atoms with E-state index >= 15 is 0 Å². The van der Waals surface area contributed by atoms with Crippen LogP contribution in [0.3, 0.4) is 0 Å². The Bertz CT molecular complexity index is 353. The van der Waals surface area contributed by atoms with Crippen LogP contribution in [0.2, 0.25) is 0 Å². The van der Waals surface area contributed by atoms with E-state index in [-0.39, 0.29) is 17.8 Å². The Morgan fingerprint density at radius 2 is 2.27 bits per heavy atom. The maximum atomic E-state index is 12.9. The highest BCUT2D eigenvalue weighted by molar-refractivity contribution is 5.31. The summed E-state index contributed by atoms with van der Waals surface area (Å²) in [4.78, 5) is 0. The Hall–Kier alpha value is -0.930. The third-order valence-electron chi connectivity index (χ3n) is 3.08. The summed E-state index contributed by atoms with van der Waals surface area (Å²) in [7, 11) is 0. The largest absolute Gasteiger partial charge is 0.391 e. The third kappa shape index (κ3) is 2.19. The topological polar surface area (TPSA) is 32.3 Å². The van der Waals surface area contributed by atoms with E-state index in [1.807, 2.05) is 6.92 Å². The van der Waals surface area contributed by atoms with Crippen LogP contribution in [0.15, 0.2) is 18.2 Å². The molecule has 1 aromatic carbocycles. The minimum absolute atomic E-state index is 0.145. The maximum absolute atomic E-state index is 12.9. The van der Waals surface area contributed by atoms with Crippen molar-refractivity contribution in [2.45, 2.75) is 25.4 Å². The van der Waals surface area contributed by atoms with Gasteiger partial charge in [-0.15, -0.1) is 0 Å². The molecule has 15 heavy (non-hydrogen) atoms. The summed E-state index contributed by atoms with van der Waals surface area (Å²) in [5.74, 6) is -0.0634. The number of aliphatic hydroxyl groups is 1. The van der Waals surface area contributed by atoms with Gasteiger partial charge >= 0.3 is 0 Å². The van der Waals surface area contributed by atoms with Crippen LogP contribution in [0.1, 0.15) is 23.5 Å². The minimum atomic E-state index is -0.358. The first kappa shape index (κ1) is 10.6. The molecule has 1 fully saturated rings. The van der Waals surface area contributed by atoms with E-state index in [2.05, 4.69) is 5.32 Å². The Labute approximate surface area is 89.1 Å². The highest BCUT2D eigenvalue weighted by Crippen LogP contribution is 2.28. The predicted molar refractivity (Wildman–Crippen MR) is 57.4 cm³/mol. The molecule has 1 heterocycles. The number of benzene rings is 1. The van der Waals surface area contributed by atoms with Crippen LogP contribution >= 0.6 is 0 Å². The van der Waals surface area contributed by atoms with Crippen molar-refractivity contribution in [1.29, 1.82) is 0 Å². The van der Waals surface area contributed by atoms with Crippen LogP contribution in [0.4, 0.5) is 4.39 Å². The normalized spacial score (nSPS) is 26.6. The lowest BCUT2D eigenvalue weighted by molar-refractivity contribution is 0.118. The van der Waals surface area contributed by atoms with Gasteiger partial charge in [-0.3, -0.25) is 0 Å². The van der Waals surface area contributed by atoms with Crippen LogP contribution in [0.5, 0.6) is 0 Å². The number of aryl methyl sites for hydroxylation is 1. The van der Waals surface area contributed by atoms with E-state index in [4.69, 9.17) is 0 Å². The average Bonchev–Trinajstić information content (AvgIpc) is 2.20. The molecule has 1 saturated heterocycles. The SMILES string of the molecule is Cc1cc(F)ccc1C1CCNCC1O. The van der Waals surface area contributed by atoms with Crippen molar-refractivity contribution in [3.63, 3.8) is 0 Å². The first-order chi connectivity index (χ1) is 7.18. The minimum Gasteiger partial charge on any atom is -0.391 e. The maximum Gasteiger partial charge on any atom is 0.123 e. The zero-order valence-corrected chi connectivity index (χ0v) is 8.83. The number of halogens is 1. The quantitative estimate of drug-likeness (QED) is 0.736. The number of β-amino-alcohol motifs (C(OH)–C–C–N with tert-alkyl or cyclic N) is 1. The van der Waals surface area contributed by atoms with Crippen LogP contribution in [-0.4, -0.2) is 24.3 Å². The highest BCUT2D eigenvalue weighted by Gasteiger charge is 2.25. The van der Waals surface area contributed by atoms with Gasteiger partial charge in [0, 0.05) is 12.5 Å². The highest BCUT2D eigenvalue weighted by atomic mass is 19.1. The first-order valence-electron chi connectivity index (χ1n) is 5.33. The molecule has 0 amide bonds. The van der Waals surface area contributed by atoms with Crippen LogP contribution in [0, 0.1) is 12.7 Å². The molecule has 2 rings (SSSR count). The smallest absolute Gasteiger partial charge is 0.123 e. The second kappa shape index (κ2) is 4.29. The van der Waals surface area contributed by atoms with Gasteiger partial charge in [0.2, 0.25) is 0 Å². The third-order valence-corrected chi connectivity index (χ3v) is 3.08. The van der Waals surface area contributed by atoms with Crippen molar-refractivity contribution in [3.8, 4) is 0 Å². The fraction of sp³-hybridized carbons (Fsp3) is 0.500. The van der Waals surface area contributed by atoms with Crippen molar-refractivity contribution in [1.82, 2.24) is 5.32 Å². The second-order valence-corrected chi connectivity index (χ2v) is 4.17. The lowest BCUT2D eigenvalue weighted by Gasteiger charge is -2.29. The van der Waals surface area contributed by atoms with Crippen LogP contribution < -0.4 is 5.32 Å². The number of aliphatic hydroxyl groups excluding tert-OH is 1. The van der Waals surface area contributed by atoms with E-state index in [0.717, 1.165) is 24.1 Å². The van der Waals surface area contributed by atoms with E-state index in [0.29, 0.717) is 6.54 Å². The molecule has 0 bridgehead atoms. The Morgan fingerprint density at radius 1 is 1.47 bits per heavy atom. The number of nitrogens with one attached hydrogen (secondary N) is 1. The van der Waals surface area contributed by atoms with Gasteiger partial charge < -0.3 is 10.4 Å². The van der Waals surface area contributed by atoms with Gasteiger partial charge in [-0.2, -0.15) is 0 Å². The molecule has 1 aliphatic rings. The van der Waals surface area contributed by atoms with Crippen molar-refractivity contribution < 1.29 is 9.50 Å². The van der Waals surface area contributed by atoms with E-state index in [9.17, 15) is 9.50 Å². The number of rotatable bonds is 1. The van der Waals surface area contributed by atoms with Gasteiger partial charge in [0.05, 0.1) is 6.10 Å².